The quantitative estimate of drug-likeness (QED) is 0.0672. The fourth-order valence-electron chi connectivity index (χ4n) is 5.76. The number of hydrogen-bond donors (Lipinski definition) is 1. The van der Waals surface area contributed by atoms with Crippen molar-refractivity contribution in [3.8, 4) is 0 Å². The molecule has 0 aliphatic rings. The molecule has 4 heteroatoms. The van der Waals surface area contributed by atoms with Gasteiger partial charge in [0.2, 0.25) is 11.8 Å². The molecule has 0 heterocycles. The van der Waals surface area contributed by atoms with Gasteiger partial charge in [-0.1, -0.05) is 181 Å². The third-order valence-electron chi connectivity index (χ3n) is 8.44. The summed E-state index contributed by atoms with van der Waals surface area (Å²) < 4.78 is 0. The first-order valence-electron chi connectivity index (χ1n) is 18.2. The number of carbonyl (C=O) groups excluding carboxylic acids is 2. The van der Waals surface area contributed by atoms with Crippen molar-refractivity contribution in [2.45, 2.75) is 220 Å². The van der Waals surface area contributed by atoms with Crippen LogP contribution in [0.2, 0.25) is 0 Å². The Bertz CT molecular complexity index is 509. The van der Waals surface area contributed by atoms with Crippen molar-refractivity contribution in [2.75, 3.05) is 0 Å². The zero-order chi connectivity index (χ0) is 29.5. The van der Waals surface area contributed by atoms with E-state index in [0.717, 1.165) is 32.1 Å². The highest BCUT2D eigenvalue weighted by Crippen LogP contribution is 2.17. The molecule has 2 N–H and O–H groups in total. The maximum Gasteiger partial charge on any atom is 0.230 e. The van der Waals surface area contributed by atoms with Crippen molar-refractivity contribution >= 4 is 11.8 Å². The molecule has 0 aliphatic heterocycles. The predicted molar refractivity (Wildman–Crippen MR) is 175 cm³/mol. The number of imide groups is 1. The Balaban J connectivity index is 3.93. The van der Waals surface area contributed by atoms with Crippen LogP contribution in [-0.4, -0.2) is 22.9 Å². The molecule has 0 radical (unpaired) electrons. The van der Waals surface area contributed by atoms with E-state index < -0.39 is 6.17 Å². The van der Waals surface area contributed by atoms with E-state index >= 15 is 0 Å². The number of rotatable bonds is 31. The summed E-state index contributed by atoms with van der Waals surface area (Å²) in [6, 6.07) is 0. The van der Waals surface area contributed by atoms with E-state index in [1.807, 2.05) is 0 Å². The van der Waals surface area contributed by atoms with Gasteiger partial charge >= 0.3 is 0 Å². The van der Waals surface area contributed by atoms with E-state index in [1.54, 1.807) is 0 Å². The van der Waals surface area contributed by atoms with Crippen LogP contribution in [-0.2, 0) is 9.59 Å². The summed E-state index contributed by atoms with van der Waals surface area (Å²) in [6.45, 7) is 6.61. The minimum absolute atomic E-state index is 0.0521. The second-order valence-corrected chi connectivity index (χ2v) is 12.5. The molecule has 0 aromatic carbocycles. The van der Waals surface area contributed by atoms with E-state index in [2.05, 4.69) is 20.8 Å². The van der Waals surface area contributed by atoms with E-state index in [1.165, 1.54) is 146 Å². The molecule has 0 aromatic heterocycles. The van der Waals surface area contributed by atoms with Crippen molar-refractivity contribution in [3.63, 3.8) is 0 Å². The predicted octanol–water partition coefficient (Wildman–Crippen LogP) is 11.4. The third kappa shape index (κ3) is 24.9. The molecule has 40 heavy (non-hydrogen) atoms. The highest BCUT2D eigenvalue weighted by Gasteiger charge is 2.25. The number of unbranched alkanes of at least 4 members (excludes halogenated alkanes) is 24. The van der Waals surface area contributed by atoms with Crippen molar-refractivity contribution in [1.82, 2.24) is 4.90 Å². The molecule has 4 nitrogen and oxygen atoms in total. The maximum absolute atomic E-state index is 13.0. The van der Waals surface area contributed by atoms with Gasteiger partial charge in [0.25, 0.3) is 0 Å². The van der Waals surface area contributed by atoms with Crippen LogP contribution in [0.25, 0.3) is 0 Å². The average molecular weight is 565 g/mol. The van der Waals surface area contributed by atoms with E-state index in [4.69, 9.17) is 5.73 Å². The van der Waals surface area contributed by atoms with Gasteiger partial charge in [0.1, 0.15) is 0 Å². The lowest BCUT2D eigenvalue weighted by Crippen LogP contribution is -2.49. The molecule has 0 saturated heterocycles. The second-order valence-electron chi connectivity index (χ2n) is 12.5. The molecule has 0 aromatic rings. The molecule has 0 rings (SSSR count). The summed E-state index contributed by atoms with van der Waals surface area (Å²) in [5.74, 6) is -0.104. The number of hydrogen-bond acceptors (Lipinski definition) is 3. The molecule has 0 aliphatic carbocycles. The minimum atomic E-state index is -0.464. The van der Waals surface area contributed by atoms with Crippen molar-refractivity contribution in [1.29, 1.82) is 0 Å². The molecule has 1 unspecified atom stereocenters. The summed E-state index contributed by atoms with van der Waals surface area (Å²) in [4.78, 5) is 27.3. The maximum atomic E-state index is 13.0. The molecule has 0 fully saturated rings. The van der Waals surface area contributed by atoms with Crippen molar-refractivity contribution in [3.05, 3.63) is 0 Å². The Kier molecular flexibility index (Phi) is 30.3. The van der Waals surface area contributed by atoms with E-state index in [-0.39, 0.29) is 11.8 Å². The Morgan fingerprint density at radius 1 is 0.425 bits per heavy atom. The Labute approximate surface area is 251 Å². The lowest BCUT2D eigenvalue weighted by molar-refractivity contribution is -0.148. The van der Waals surface area contributed by atoms with Gasteiger partial charge in [0.15, 0.2) is 0 Å². The Morgan fingerprint density at radius 2 is 0.675 bits per heavy atom. The van der Waals surface area contributed by atoms with Crippen LogP contribution in [0.3, 0.4) is 0 Å². The molecule has 0 spiro atoms. The topological polar surface area (TPSA) is 63.4 Å². The lowest BCUT2D eigenvalue weighted by Gasteiger charge is -2.27. The van der Waals surface area contributed by atoms with Gasteiger partial charge in [-0.05, 0) is 19.3 Å². The highest BCUT2D eigenvalue weighted by molar-refractivity contribution is 5.95. The molecule has 2 amide bonds. The number of carbonyl (C=O) groups is 2. The SMILES string of the molecule is CCCCCCCCCCCCCCCC(=O)N(C(=O)CCCCCCCCCCCCCCC)C(N)CCC. The summed E-state index contributed by atoms with van der Waals surface area (Å²) in [5, 5.41) is 0. The fraction of sp³-hybridized carbons (Fsp3) is 0.944. The first kappa shape index (κ1) is 39.1. The molecule has 1 atom stereocenters. The second kappa shape index (κ2) is 31.0. The van der Waals surface area contributed by atoms with Crippen LogP contribution in [0.15, 0.2) is 0 Å². The number of nitrogens with two attached hydrogens (primary N) is 1. The minimum Gasteiger partial charge on any atom is -0.311 e. The largest absolute Gasteiger partial charge is 0.311 e. The van der Waals surface area contributed by atoms with Gasteiger partial charge in [-0.3, -0.25) is 14.5 Å². The van der Waals surface area contributed by atoms with Crippen LogP contribution >= 0.6 is 0 Å². The molecule has 0 saturated carbocycles. The van der Waals surface area contributed by atoms with Gasteiger partial charge < -0.3 is 5.73 Å². The molecular weight excluding hydrogens is 492 g/mol. The fourth-order valence-corrected chi connectivity index (χ4v) is 5.76. The van der Waals surface area contributed by atoms with Gasteiger partial charge in [0.05, 0.1) is 6.17 Å². The van der Waals surface area contributed by atoms with Crippen molar-refractivity contribution < 1.29 is 9.59 Å². The smallest absolute Gasteiger partial charge is 0.230 e. The Morgan fingerprint density at radius 3 is 0.925 bits per heavy atom. The monoisotopic (exact) mass is 565 g/mol. The van der Waals surface area contributed by atoms with Crippen LogP contribution in [0.1, 0.15) is 213 Å². The van der Waals surface area contributed by atoms with E-state index in [0.29, 0.717) is 19.3 Å². The van der Waals surface area contributed by atoms with Crippen LogP contribution in [0.4, 0.5) is 0 Å². The number of amides is 2. The van der Waals surface area contributed by atoms with E-state index in [9.17, 15) is 9.59 Å². The molecule has 238 valence electrons. The van der Waals surface area contributed by atoms with Gasteiger partial charge in [-0.25, -0.2) is 0 Å². The summed E-state index contributed by atoms with van der Waals surface area (Å²) in [6.07, 6.45) is 35.5. The number of nitrogens with zero attached hydrogens (tertiary/aromatic N) is 1. The zero-order valence-corrected chi connectivity index (χ0v) is 27.6. The van der Waals surface area contributed by atoms with Gasteiger partial charge in [-0.2, -0.15) is 0 Å². The van der Waals surface area contributed by atoms with Crippen molar-refractivity contribution in [2.24, 2.45) is 5.73 Å². The summed E-state index contributed by atoms with van der Waals surface area (Å²) >= 11 is 0. The van der Waals surface area contributed by atoms with Crippen LogP contribution in [0.5, 0.6) is 0 Å². The Hall–Kier alpha value is -0.900. The third-order valence-corrected chi connectivity index (χ3v) is 8.44. The molecular formula is C36H72N2O2. The first-order chi connectivity index (χ1) is 19.6. The average Bonchev–Trinajstić information content (AvgIpc) is 2.94. The summed E-state index contributed by atoms with van der Waals surface area (Å²) in [5.41, 5.74) is 6.30. The normalized spacial score (nSPS) is 12.1. The lowest BCUT2D eigenvalue weighted by atomic mass is 10.0. The van der Waals surface area contributed by atoms with Crippen LogP contribution in [0, 0.1) is 0 Å². The first-order valence-corrected chi connectivity index (χ1v) is 18.2. The molecule has 0 bridgehead atoms. The zero-order valence-electron chi connectivity index (χ0n) is 27.6. The highest BCUT2D eigenvalue weighted by atomic mass is 16.2. The van der Waals surface area contributed by atoms with Gasteiger partial charge in [-0.15, -0.1) is 0 Å². The summed E-state index contributed by atoms with van der Waals surface area (Å²) in [7, 11) is 0. The van der Waals surface area contributed by atoms with Crippen LogP contribution < -0.4 is 5.73 Å². The standard InChI is InChI=1S/C36H72N2O2/c1-4-7-9-11-13-15-17-19-21-23-25-27-29-32-35(39)38(34(37)31-6-3)36(40)33-30-28-26-24-22-20-18-16-14-12-10-8-5-2/h34H,4-33,37H2,1-3H3. The van der Waals surface area contributed by atoms with Gasteiger partial charge in [0, 0.05) is 12.8 Å².